The Morgan fingerprint density at radius 1 is 0.929 bits per heavy atom. The van der Waals surface area contributed by atoms with Gasteiger partial charge >= 0.3 is 17.9 Å². The number of methoxy groups -OCH3 is 5. The van der Waals surface area contributed by atoms with Crippen molar-refractivity contribution in [2.24, 2.45) is 0 Å². The molecule has 2 aliphatic rings. The number of esters is 3. The summed E-state index contributed by atoms with van der Waals surface area (Å²) in [5.74, 6) is -1.39. The Kier molecular flexibility index (Phi) is 5.03. The molecule has 3 rings (SSSR count). The zero-order valence-corrected chi connectivity index (χ0v) is 16.1. The van der Waals surface area contributed by atoms with E-state index in [-0.39, 0.29) is 17.6 Å². The molecule has 1 aromatic rings. The molecule has 150 valence electrons. The monoisotopic (exact) mass is 392 g/mol. The minimum atomic E-state index is -1.57. The van der Waals surface area contributed by atoms with E-state index in [0.717, 1.165) is 0 Å². The lowest BCUT2D eigenvalue weighted by molar-refractivity contribution is -0.148. The van der Waals surface area contributed by atoms with Gasteiger partial charge in [0.25, 0.3) is 0 Å². The first-order chi connectivity index (χ1) is 13.4. The molecule has 2 atom stereocenters. The Morgan fingerprint density at radius 2 is 1.54 bits per heavy atom. The predicted molar refractivity (Wildman–Crippen MR) is 92.7 cm³/mol. The molecule has 1 aromatic carbocycles. The van der Waals surface area contributed by atoms with Gasteiger partial charge in [0.1, 0.15) is 11.7 Å². The fourth-order valence-electron chi connectivity index (χ4n) is 3.74. The van der Waals surface area contributed by atoms with Crippen LogP contribution in [0.2, 0.25) is 0 Å². The summed E-state index contributed by atoms with van der Waals surface area (Å²) >= 11 is 0. The minimum Gasteiger partial charge on any atom is -0.493 e. The number of rotatable bonds is 6. The molecule has 0 aliphatic carbocycles. The van der Waals surface area contributed by atoms with Crippen LogP contribution < -0.4 is 9.47 Å². The van der Waals surface area contributed by atoms with Crippen molar-refractivity contribution in [3.8, 4) is 11.5 Å². The molecule has 28 heavy (non-hydrogen) atoms. The number of carbonyl (C=O) groups excluding carboxylic acids is 3. The quantitative estimate of drug-likeness (QED) is 0.521. The highest BCUT2D eigenvalue weighted by atomic mass is 16.6. The van der Waals surface area contributed by atoms with Gasteiger partial charge < -0.3 is 28.4 Å². The van der Waals surface area contributed by atoms with Crippen LogP contribution in [0.15, 0.2) is 23.3 Å². The Morgan fingerprint density at radius 3 is 2.07 bits per heavy atom. The third-order valence-electron chi connectivity index (χ3n) is 4.94. The van der Waals surface area contributed by atoms with Gasteiger partial charge in [-0.3, -0.25) is 4.79 Å². The molecule has 0 saturated heterocycles. The van der Waals surface area contributed by atoms with Gasteiger partial charge in [0.15, 0.2) is 11.5 Å². The maximum atomic E-state index is 12.6. The molecule has 9 heteroatoms. The lowest BCUT2D eigenvalue weighted by Gasteiger charge is -2.29. The molecule has 0 N–H and O–H groups in total. The number of hydrogen-bond acceptors (Lipinski definition) is 9. The maximum absolute atomic E-state index is 12.6. The van der Waals surface area contributed by atoms with Crippen molar-refractivity contribution in [2.45, 2.75) is 18.1 Å². The normalized spacial score (nSPS) is 21.8. The second-order valence-corrected chi connectivity index (χ2v) is 6.14. The molecular weight excluding hydrogens is 372 g/mol. The van der Waals surface area contributed by atoms with Gasteiger partial charge in [-0.2, -0.15) is 0 Å². The summed E-state index contributed by atoms with van der Waals surface area (Å²) in [7, 11) is 6.52. The van der Waals surface area contributed by atoms with Gasteiger partial charge in [-0.15, -0.1) is 0 Å². The highest BCUT2D eigenvalue weighted by Gasteiger charge is 2.62. The largest absolute Gasteiger partial charge is 0.493 e. The van der Waals surface area contributed by atoms with E-state index in [1.807, 2.05) is 0 Å². The second kappa shape index (κ2) is 7.16. The van der Waals surface area contributed by atoms with Gasteiger partial charge in [0, 0.05) is 0 Å². The summed E-state index contributed by atoms with van der Waals surface area (Å²) in [6.45, 7) is 0. The van der Waals surface area contributed by atoms with E-state index >= 15 is 0 Å². The molecule has 2 bridgehead atoms. The Bertz CT molecular complexity index is 886. The first-order valence-corrected chi connectivity index (χ1v) is 8.30. The van der Waals surface area contributed by atoms with Crippen molar-refractivity contribution < 1.29 is 42.8 Å². The van der Waals surface area contributed by atoms with E-state index < -0.39 is 29.6 Å². The number of ether oxygens (including phenoxy) is 6. The summed E-state index contributed by atoms with van der Waals surface area (Å²) in [6.07, 6.45) is -1.27. The van der Waals surface area contributed by atoms with Crippen LogP contribution in [-0.4, -0.2) is 53.5 Å². The van der Waals surface area contributed by atoms with Crippen LogP contribution in [0.3, 0.4) is 0 Å². The SMILES string of the molecule is COC(=O)C[C@@]12O[C@@H](C(C(=O)OC)=C1C(=O)OC)c1cc(OC)c(OC)cc12. The molecule has 0 unspecified atom stereocenters. The summed E-state index contributed by atoms with van der Waals surface area (Å²) in [5, 5.41) is 0. The number of benzene rings is 1. The molecule has 0 saturated carbocycles. The number of carbonyl (C=O) groups is 3. The summed E-state index contributed by atoms with van der Waals surface area (Å²) < 4.78 is 31.3. The fourth-order valence-corrected chi connectivity index (χ4v) is 3.74. The van der Waals surface area contributed by atoms with Gasteiger partial charge in [0.2, 0.25) is 0 Å². The lowest BCUT2D eigenvalue weighted by Crippen LogP contribution is -2.35. The van der Waals surface area contributed by atoms with E-state index in [1.54, 1.807) is 12.1 Å². The second-order valence-electron chi connectivity index (χ2n) is 6.14. The average molecular weight is 392 g/mol. The number of fused-ring (bicyclic) bond motifs is 5. The van der Waals surface area contributed by atoms with E-state index in [1.165, 1.54) is 35.5 Å². The summed E-state index contributed by atoms with van der Waals surface area (Å²) in [5.41, 5.74) is -0.610. The zero-order chi connectivity index (χ0) is 20.6. The highest BCUT2D eigenvalue weighted by Crippen LogP contribution is 2.61. The molecule has 2 aliphatic heterocycles. The van der Waals surface area contributed by atoms with E-state index in [2.05, 4.69) is 0 Å². The van der Waals surface area contributed by atoms with Crippen molar-refractivity contribution in [2.75, 3.05) is 35.5 Å². The van der Waals surface area contributed by atoms with Crippen LogP contribution in [0.4, 0.5) is 0 Å². The lowest BCUT2D eigenvalue weighted by atomic mass is 9.75. The first-order valence-electron chi connectivity index (χ1n) is 8.30. The Balaban J connectivity index is 2.32. The fraction of sp³-hybridized carbons (Fsp3) is 0.421. The highest BCUT2D eigenvalue weighted by molar-refractivity contribution is 6.05. The molecule has 0 aromatic heterocycles. The molecule has 9 nitrogen and oxygen atoms in total. The summed E-state index contributed by atoms with van der Waals surface area (Å²) in [4.78, 5) is 37.3. The van der Waals surface area contributed by atoms with Gasteiger partial charge in [-0.05, 0) is 23.3 Å². The smallest absolute Gasteiger partial charge is 0.337 e. The Labute approximate surface area is 161 Å². The van der Waals surface area contributed by atoms with Crippen molar-refractivity contribution in [3.63, 3.8) is 0 Å². The van der Waals surface area contributed by atoms with Crippen LogP contribution in [-0.2, 0) is 38.9 Å². The van der Waals surface area contributed by atoms with Crippen LogP contribution >= 0.6 is 0 Å². The summed E-state index contributed by atoms with van der Waals surface area (Å²) in [6, 6.07) is 3.27. The van der Waals surface area contributed by atoms with Crippen LogP contribution in [0.5, 0.6) is 11.5 Å². The topological polar surface area (TPSA) is 107 Å². The molecule has 0 radical (unpaired) electrons. The third-order valence-corrected chi connectivity index (χ3v) is 4.94. The standard InChI is InChI=1S/C19H20O9/c1-23-11-6-9-10(7-12(11)24-2)19(8-13(20)25-3)15(18(22)27-5)14(16(9)28-19)17(21)26-4/h6-7,16H,8H2,1-5H3/t16-,19+/m1/s1. The average Bonchev–Trinajstić information content (AvgIpc) is 3.21. The minimum absolute atomic E-state index is 0.0158. The third kappa shape index (κ3) is 2.62. The van der Waals surface area contributed by atoms with Crippen molar-refractivity contribution >= 4 is 17.9 Å². The molecule has 2 heterocycles. The first kappa shape index (κ1) is 19.7. The van der Waals surface area contributed by atoms with Gasteiger partial charge in [0.05, 0.1) is 53.1 Å². The van der Waals surface area contributed by atoms with Gasteiger partial charge in [-0.1, -0.05) is 0 Å². The van der Waals surface area contributed by atoms with Crippen molar-refractivity contribution in [1.29, 1.82) is 0 Å². The van der Waals surface area contributed by atoms with Crippen molar-refractivity contribution in [3.05, 3.63) is 34.4 Å². The molecule has 0 amide bonds. The van der Waals surface area contributed by atoms with E-state index in [0.29, 0.717) is 22.6 Å². The van der Waals surface area contributed by atoms with Crippen LogP contribution in [0.1, 0.15) is 23.7 Å². The van der Waals surface area contributed by atoms with Crippen LogP contribution in [0, 0.1) is 0 Å². The van der Waals surface area contributed by atoms with Crippen LogP contribution in [0.25, 0.3) is 0 Å². The Hall–Kier alpha value is -3.07. The molecule has 0 fully saturated rings. The van der Waals surface area contributed by atoms with E-state index in [9.17, 15) is 14.4 Å². The number of hydrogen-bond donors (Lipinski definition) is 0. The van der Waals surface area contributed by atoms with Crippen molar-refractivity contribution in [1.82, 2.24) is 0 Å². The molecule has 0 spiro atoms. The van der Waals surface area contributed by atoms with E-state index in [4.69, 9.17) is 28.4 Å². The maximum Gasteiger partial charge on any atom is 0.337 e. The molecular formula is C19H20O9. The predicted octanol–water partition coefficient (Wildman–Crippen LogP) is 1.19. The van der Waals surface area contributed by atoms with Gasteiger partial charge in [-0.25, -0.2) is 9.59 Å². The zero-order valence-electron chi connectivity index (χ0n) is 16.1.